The Morgan fingerprint density at radius 2 is 2.32 bits per heavy atom. The van der Waals surface area contributed by atoms with Gasteiger partial charge in [0.2, 0.25) is 0 Å². The van der Waals surface area contributed by atoms with Gasteiger partial charge in [-0.1, -0.05) is 5.16 Å². The lowest BCUT2D eigenvalue weighted by Gasteiger charge is -2.35. The van der Waals surface area contributed by atoms with Crippen LogP contribution >= 0.6 is 0 Å². The zero-order valence-electron chi connectivity index (χ0n) is 10.9. The predicted molar refractivity (Wildman–Crippen MR) is 65.8 cm³/mol. The molecule has 1 aliphatic heterocycles. The van der Waals surface area contributed by atoms with Crippen molar-refractivity contribution in [3.05, 3.63) is 17.5 Å². The second-order valence-electron chi connectivity index (χ2n) is 5.35. The molecule has 0 radical (unpaired) electrons. The summed E-state index contributed by atoms with van der Waals surface area (Å²) in [6.45, 7) is 2.72. The van der Waals surface area contributed by atoms with Crippen LogP contribution in [0.5, 0.6) is 0 Å². The second kappa shape index (κ2) is 4.94. The molecule has 1 N–H and O–H groups in total. The van der Waals surface area contributed by atoms with E-state index in [4.69, 9.17) is 14.4 Å². The van der Waals surface area contributed by atoms with Crippen LogP contribution in [0.1, 0.15) is 41.9 Å². The number of ether oxygens (including phenoxy) is 1. The highest BCUT2D eigenvalue weighted by Crippen LogP contribution is 2.40. The lowest BCUT2D eigenvalue weighted by atomic mass is 10.2. The van der Waals surface area contributed by atoms with E-state index in [9.17, 15) is 4.79 Å². The summed E-state index contributed by atoms with van der Waals surface area (Å²) in [5, 5.41) is 13.0. The van der Waals surface area contributed by atoms with Gasteiger partial charge in [0, 0.05) is 25.1 Å². The molecule has 1 aromatic rings. The quantitative estimate of drug-likeness (QED) is 0.874. The van der Waals surface area contributed by atoms with Crippen LogP contribution < -0.4 is 0 Å². The first kappa shape index (κ1) is 12.6. The van der Waals surface area contributed by atoms with Crippen molar-refractivity contribution in [1.29, 1.82) is 0 Å². The fourth-order valence-electron chi connectivity index (χ4n) is 2.42. The SMILES string of the molecule is CC1CN(C(=O)c2cc(C3CC3)on2)CC(CO)O1. The Hall–Kier alpha value is -1.40. The summed E-state index contributed by atoms with van der Waals surface area (Å²) < 4.78 is 10.7. The van der Waals surface area contributed by atoms with Crippen LogP contribution in [0.3, 0.4) is 0 Å². The Labute approximate surface area is 111 Å². The molecule has 1 amide bonds. The number of carbonyl (C=O) groups excluding carboxylic acids is 1. The Morgan fingerprint density at radius 3 is 3.00 bits per heavy atom. The minimum absolute atomic E-state index is 0.0790. The third-order valence-corrected chi connectivity index (χ3v) is 3.54. The molecule has 104 valence electrons. The van der Waals surface area contributed by atoms with Gasteiger partial charge in [0.05, 0.1) is 18.8 Å². The highest BCUT2D eigenvalue weighted by atomic mass is 16.5. The minimum atomic E-state index is -0.317. The van der Waals surface area contributed by atoms with Crippen LogP contribution in [0.2, 0.25) is 0 Å². The largest absolute Gasteiger partial charge is 0.394 e. The highest BCUT2D eigenvalue weighted by Gasteiger charge is 2.32. The zero-order valence-corrected chi connectivity index (χ0v) is 10.9. The third kappa shape index (κ3) is 2.64. The van der Waals surface area contributed by atoms with Crippen molar-refractivity contribution in [2.24, 2.45) is 0 Å². The van der Waals surface area contributed by atoms with Crippen LogP contribution in [0.25, 0.3) is 0 Å². The van der Waals surface area contributed by atoms with Gasteiger partial charge in [-0.05, 0) is 19.8 Å². The Balaban J connectivity index is 1.70. The number of aliphatic hydroxyl groups is 1. The number of carbonyl (C=O) groups is 1. The van der Waals surface area contributed by atoms with Crippen molar-refractivity contribution in [1.82, 2.24) is 10.1 Å². The highest BCUT2D eigenvalue weighted by molar-refractivity contribution is 5.92. The molecule has 0 bridgehead atoms. The number of amides is 1. The predicted octanol–water partition coefficient (Wildman–Crippen LogP) is 0.774. The number of rotatable bonds is 3. The van der Waals surface area contributed by atoms with Gasteiger partial charge in [-0.3, -0.25) is 4.79 Å². The molecule has 0 spiro atoms. The fraction of sp³-hybridized carbons (Fsp3) is 0.692. The van der Waals surface area contributed by atoms with Crippen molar-refractivity contribution in [3.8, 4) is 0 Å². The van der Waals surface area contributed by atoms with E-state index in [0.29, 0.717) is 24.7 Å². The molecular weight excluding hydrogens is 248 g/mol. The molecular formula is C13H18N2O4. The van der Waals surface area contributed by atoms with E-state index in [1.807, 2.05) is 6.92 Å². The van der Waals surface area contributed by atoms with E-state index in [0.717, 1.165) is 18.6 Å². The number of aromatic nitrogens is 1. The molecule has 1 saturated carbocycles. The number of hydrogen-bond acceptors (Lipinski definition) is 5. The monoisotopic (exact) mass is 266 g/mol. The molecule has 2 unspecified atom stereocenters. The van der Waals surface area contributed by atoms with E-state index in [2.05, 4.69) is 5.16 Å². The third-order valence-electron chi connectivity index (χ3n) is 3.54. The van der Waals surface area contributed by atoms with E-state index < -0.39 is 0 Å². The molecule has 1 aliphatic carbocycles. The molecule has 2 heterocycles. The van der Waals surface area contributed by atoms with Gasteiger partial charge in [-0.2, -0.15) is 0 Å². The van der Waals surface area contributed by atoms with Crippen LogP contribution in [-0.4, -0.2) is 53.0 Å². The molecule has 1 saturated heterocycles. The average Bonchev–Trinajstić information content (AvgIpc) is 3.15. The van der Waals surface area contributed by atoms with Crippen molar-refractivity contribution >= 4 is 5.91 Å². The fourth-order valence-corrected chi connectivity index (χ4v) is 2.42. The van der Waals surface area contributed by atoms with Crippen LogP contribution in [-0.2, 0) is 4.74 Å². The van der Waals surface area contributed by atoms with E-state index in [-0.39, 0.29) is 24.7 Å². The summed E-state index contributed by atoms with van der Waals surface area (Å²) in [6, 6.07) is 1.74. The maximum Gasteiger partial charge on any atom is 0.276 e. The Morgan fingerprint density at radius 1 is 1.53 bits per heavy atom. The molecule has 6 heteroatoms. The van der Waals surface area contributed by atoms with Gasteiger partial charge in [0.15, 0.2) is 5.69 Å². The van der Waals surface area contributed by atoms with Crippen molar-refractivity contribution in [2.45, 2.75) is 37.9 Å². The van der Waals surface area contributed by atoms with Crippen LogP contribution in [0.15, 0.2) is 10.6 Å². The molecule has 2 atom stereocenters. The normalized spacial score (nSPS) is 27.6. The summed E-state index contributed by atoms with van der Waals surface area (Å²) in [5.74, 6) is 1.11. The summed E-state index contributed by atoms with van der Waals surface area (Å²) in [6.07, 6.45) is 1.83. The summed E-state index contributed by atoms with van der Waals surface area (Å²) in [5.41, 5.74) is 0.354. The van der Waals surface area contributed by atoms with Crippen molar-refractivity contribution in [2.75, 3.05) is 19.7 Å². The first-order valence-electron chi connectivity index (χ1n) is 6.69. The van der Waals surface area contributed by atoms with Gasteiger partial charge in [-0.15, -0.1) is 0 Å². The summed E-state index contributed by atoms with van der Waals surface area (Å²) in [7, 11) is 0. The van der Waals surface area contributed by atoms with Gasteiger partial charge in [-0.25, -0.2) is 0 Å². The van der Waals surface area contributed by atoms with Crippen molar-refractivity contribution < 1.29 is 19.2 Å². The van der Waals surface area contributed by atoms with Crippen LogP contribution in [0.4, 0.5) is 0 Å². The lowest BCUT2D eigenvalue weighted by Crippen LogP contribution is -2.50. The Kier molecular flexibility index (Phi) is 3.28. The maximum atomic E-state index is 12.3. The molecule has 1 aromatic heterocycles. The van der Waals surface area contributed by atoms with Crippen LogP contribution in [0, 0.1) is 0 Å². The summed E-state index contributed by atoms with van der Waals surface area (Å²) >= 11 is 0. The average molecular weight is 266 g/mol. The standard InChI is InChI=1S/C13H18N2O4/c1-8-5-15(6-10(7-16)18-8)13(17)11-4-12(19-14-11)9-2-3-9/h4,8-10,16H,2-3,5-7H2,1H3. The van der Waals surface area contributed by atoms with E-state index in [1.165, 1.54) is 0 Å². The van der Waals surface area contributed by atoms with Gasteiger partial charge in [0.25, 0.3) is 5.91 Å². The first-order valence-corrected chi connectivity index (χ1v) is 6.69. The Bertz CT molecular complexity index is 469. The molecule has 2 fully saturated rings. The lowest BCUT2D eigenvalue weighted by molar-refractivity contribution is -0.0860. The number of nitrogens with zero attached hydrogens (tertiary/aromatic N) is 2. The molecule has 2 aliphatic rings. The minimum Gasteiger partial charge on any atom is -0.394 e. The molecule has 6 nitrogen and oxygen atoms in total. The first-order chi connectivity index (χ1) is 9.17. The summed E-state index contributed by atoms with van der Waals surface area (Å²) in [4.78, 5) is 14.0. The molecule has 0 aromatic carbocycles. The number of aliphatic hydroxyl groups excluding tert-OH is 1. The van der Waals surface area contributed by atoms with Gasteiger partial charge >= 0.3 is 0 Å². The van der Waals surface area contributed by atoms with Gasteiger partial charge < -0.3 is 19.3 Å². The molecule has 3 rings (SSSR count). The van der Waals surface area contributed by atoms with E-state index >= 15 is 0 Å². The number of morpholine rings is 1. The maximum absolute atomic E-state index is 12.3. The van der Waals surface area contributed by atoms with E-state index in [1.54, 1.807) is 11.0 Å². The van der Waals surface area contributed by atoms with Crippen molar-refractivity contribution in [3.63, 3.8) is 0 Å². The second-order valence-corrected chi connectivity index (χ2v) is 5.35. The molecule has 19 heavy (non-hydrogen) atoms. The van der Waals surface area contributed by atoms with Gasteiger partial charge in [0.1, 0.15) is 5.76 Å². The number of hydrogen-bond donors (Lipinski definition) is 1. The topological polar surface area (TPSA) is 75.8 Å². The smallest absolute Gasteiger partial charge is 0.276 e. The zero-order chi connectivity index (χ0) is 13.4.